The molecule has 1 heterocycles. The number of rotatable bonds is 1. The van der Waals surface area contributed by atoms with Crippen molar-refractivity contribution < 1.29 is 0 Å². The van der Waals surface area contributed by atoms with Gasteiger partial charge in [0.25, 0.3) is 0 Å². The average molecular weight is 283 g/mol. The van der Waals surface area contributed by atoms with E-state index in [9.17, 15) is 0 Å². The van der Waals surface area contributed by atoms with Gasteiger partial charge < -0.3 is 10.6 Å². The van der Waals surface area contributed by atoms with Crippen LogP contribution >= 0.6 is 15.9 Å². The number of hydrogen-bond donors (Lipinski definition) is 1. The Morgan fingerprint density at radius 3 is 2.19 bits per heavy atom. The van der Waals surface area contributed by atoms with Crippen molar-refractivity contribution >= 4 is 21.6 Å². The van der Waals surface area contributed by atoms with Crippen LogP contribution in [0.3, 0.4) is 0 Å². The van der Waals surface area contributed by atoms with E-state index in [4.69, 9.17) is 5.73 Å². The molecule has 2 nitrogen and oxygen atoms in total. The molecule has 16 heavy (non-hydrogen) atoms. The van der Waals surface area contributed by atoms with Crippen LogP contribution < -0.4 is 10.6 Å². The quantitative estimate of drug-likeness (QED) is 0.858. The Morgan fingerprint density at radius 1 is 1.19 bits per heavy atom. The Bertz CT molecular complexity index is 359. The summed E-state index contributed by atoms with van der Waals surface area (Å²) in [4.78, 5) is 2.47. The summed E-state index contributed by atoms with van der Waals surface area (Å²) in [6, 6.07) is 4.78. The number of hydrogen-bond acceptors (Lipinski definition) is 2. The highest BCUT2D eigenvalue weighted by Gasteiger charge is 2.19. The lowest BCUT2D eigenvalue weighted by atomic mass is 10.0. The highest BCUT2D eigenvalue weighted by Crippen LogP contribution is 2.30. The zero-order valence-electron chi connectivity index (χ0n) is 9.96. The summed E-state index contributed by atoms with van der Waals surface area (Å²) >= 11 is 3.54. The Kier molecular flexibility index (Phi) is 3.55. The van der Waals surface area contributed by atoms with Crippen LogP contribution in [0.2, 0.25) is 0 Å². The molecular formula is C13H19BrN2. The van der Waals surface area contributed by atoms with Gasteiger partial charge in [0.15, 0.2) is 0 Å². The van der Waals surface area contributed by atoms with Crippen LogP contribution in [-0.2, 0) is 0 Å². The van der Waals surface area contributed by atoms with Gasteiger partial charge in [0, 0.05) is 29.3 Å². The molecule has 1 aliphatic heterocycles. The normalized spacial score (nSPS) is 17.9. The Morgan fingerprint density at radius 2 is 1.69 bits per heavy atom. The summed E-state index contributed by atoms with van der Waals surface area (Å²) in [5.74, 6) is 0. The summed E-state index contributed by atoms with van der Waals surface area (Å²) < 4.78 is 1.17. The fourth-order valence-electron chi connectivity index (χ4n) is 2.52. The molecular weight excluding hydrogens is 264 g/mol. The van der Waals surface area contributed by atoms with E-state index in [0.717, 1.165) is 25.9 Å². The molecule has 88 valence electrons. The first-order chi connectivity index (χ1) is 7.58. The fourth-order valence-corrected chi connectivity index (χ4v) is 3.21. The lowest BCUT2D eigenvalue weighted by Gasteiger charge is -2.34. The number of anilines is 1. The highest BCUT2D eigenvalue weighted by molar-refractivity contribution is 9.10. The van der Waals surface area contributed by atoms with E-state index in [0.29, 0.717) is 6.04 Å². The molecule has 1 fully saturated rings. The van der Waals surface area contributed by atoms with E-state index >= 15 is 0 Å². The predicted octanol–water partition coefficient (Wildman–Crippen LogP) is 2.99. The van der Waals surface area contributed by atoms with Crippen LogP contribution in [0.1, 0.15) is 24.0 Å². The molecule has 1 saturated heterocycles. The number of halogens is 1. The molecule has 0 spiro atoms. The van der Waals surface area contributed by atoms with Crippen LogP contribution in [0.4, 0.5) is 5.69 Å². The van der Waals surface area contributed by atoms with Gasteiger partial charge in [-0.15, -0.1) is 0 Å². The zero-order valence-corrected chi connectivity index (χ0v) is 11.5. The van der Waals surface area contributed by atoms with E-state index in [-0.39, 0.29) is 0 Å². The Hall–Kier alpha value is -0.540. The largest absolute Gasteiger partial charge is 0.371 e. The van der Waals surface area contributed by atoms with Crippen LogP contribution in [0.5, 0.6) is 0 Å². The molecule has 1 aromatic carbocycles. The third kappa shape index (κ3) is 2.41. The third-order valence-electron chi connectivity index (χ3n) is 3.31. The second kappa shape index (κ2) is 4.76. The predicted molar refractivity (Wildman–Crippen MR) is 73.0 cm³/mol. The van der Waals surface area contributed by atoms with E-state index in [2.05, 4.69) is 46.8 Å². The minimum absolute atomic E-state index is 0.396. The lowest BCUT2D eigenvalue weighted by Crippen LogP contribution is -2.40. The highest BCUT2D eigenvalue weighted by atomic mass is 79.9. The van der Waals surface area contributed by atoms with Crippen LogP contribution in [0.15, 0.2) is 16.6 Å². The summed E-state index contributed by atoms with van der Waals surface area (Å²) in [7, 11) is 0. The van der Waals surface area contributed by atoms with Crippen molar-refractivity contribution in [3.8, 4) is 0 Å². The molecule has 1 aromatic rings. The molecule has 2 N–H and O–H groups in total. The standard InChI is InChI=1S/C13H19BrN2/c1-9-7-11(14)8-10(2)13(9)16-5-3-12(15)4-6-16/h7-8,12H,3-6,15H2,1-2H3. The van der Waals surface area contributed by atoms with Gasteiger partial charge in [0.2, 0.25) is 0 Å². The fraction of sp³-hybridized carbons (Fsp3) is 0.538. The molecule has 1 aliphatic rings. The van der Waals surface area contributed by atoms with Crippen molar-refractivity contribution in [3.05, 3.63) is 27.7 Å². The van der Waals surface area contributed by atoms with Gasteiger partial charge in [-0.3, -0.25) is 0 Å². The number of nitrogens with zero attached hydrogens (tertiary/aromatic N) is 1. The molecule has 3 heteroatoms. The molecule has 0 bridgehead atoms. The molecule has 0 unspecified atom stereocenters. The maximum atomic E-state index is 5.94. The monoisotopic (exact) mass is 282 g/mol. The van der Waals surface area contributed by atoms with Crippen molar-refractivity contribution in [1.82, 2.24) is 0 Å². The first-order valence-corrected chi connectivity index (χ1v) is 6.64. The van der Waals surface area contributed by atoms with E-state index in [1.54, 1.807) is 0 Å². The van der Waals surface area contributed by atoms with Crippen molar-refractivity contribution in [2.45, 2.75) is 32.7 Å². The number of benzene rings is 1. The van der Waals surface area contributed by atoms with Gasteiger partial charge in [-0.1, -0.05) is 15.9 Å². The first-order valence-electron chi connectivity index (χ1n) is 5.85. The first kappa shape index (κ1) is 11.9. The smallest absolute Gasteiger partial charge is 0.0426 e. The molecule has 0 aliphatic carbocycles. The van der Waals surface area contributed by atoms with Gasteiger partial charge in [-0.2, -0.15) is 0 Å². The minimum Gasteiger partial charge on any atom is -0.371 e. The van der Waals surface area contributed by atoms with Gasteiger partial charge in [0.05, 0.1) is 0 Å². The topological polar surface area (TPSA) is 29.3 Å². The van der Waals surface area contributed by atoms with E-state index in [1.165, 1.54) is 21.3 Å². The molecule has 0 saturated carbocycles. The third-order valence-corrected chi connectivity index (χ3v) is 3.77. The maximum Gasteiger partial charge on any atom is 0.0426 e. The van der Waals surface area contributed by atoms with Crippen molar-refractivity contribution in [2.24, 2.45) is 5.73 Å². The lowest BCUT2D eigenvalue weighted by molar-refractivity contribution is 0.500. The Labute approximate surface area is 106 Å². The molecule has 0 amide bonds. The second-order valence-corrected chi connectivity index (χ2v) is 5.63. The SMILES string of the molecule is Cc1cc(Br)cc(C)c1N1CCC(N)CC1. The van der Waals surface area contributed by atoms with Crippen molar-refractivity contribution in [1.29, 1.82) is 0 Å². The number of aryl methyl sites for hydroxylation is 2. The van der Waals surface area contributed by atoms with Gasteiger partial charge in [0.1, 0.15) is 0 Å². The van der Waals surface area contributed by atoms with Crippen LogP contribution in [-0.4, -0.2) is 19.1 Å². The average Bonchev–Trinajstić information content (AvgIpc) is 2.19. The van der Waals surface area contributed by atoms with Gasteiger partial charge in [-0.25, -0.2) is 0 Å². The summed E-state index contributed by atoms with van der Waals surface area (Å²) in [6.07, 6.45) is 2.21. The number of nitrogens with two attached hydrogens (primary N) is 1. The molecule has 0 atom stereocenters. The minimum atomic E-state index is 0.396. The van der Waals surface area contributed by atoms with E-state index < -0.39 is 0 Å². The summed E-state index contributed by atoms with van der Waals surface area (Å²) in [6.45, 7) is 6.54. The second-order valence-electron chi connectivity index (χ2n) is 4.71. The van der Waals surface area contributed by atoms with Crippen molar-refractivity contribution in [3.63, 3.8) is 0 Å². The Balaban J connectivity index is 2.26. The van der Waals surface area contributed by atoms with Gasteiger partial charge in [-0.05, 0) is 49.9 Å². The van der Waals surface area contributed by atoms with Crippen LogP contribution in [0, 0.1) is 13.8 Å². The van der Waals surface area contributed by atoms with Crippen molar-refractivity contribution in [2.75, 3.05) is 18.0 Å². The summed E-state index contributed by atoms with van der Waals surface area (Å²) in [5.41, 5.74) is 10.0. The van der Waals surface area contributed by atoms with Gasteiger partial charge >= 0.3 is 0 Å². The molecule has 2 rings (SSSR count). The van der Waals surface area contributed by atoms with E-state index in [1.807, 2.05) is 0 Å². The number of piperidine rings is 1. The maximum absolute atomic E-state index is 5.94. The summed E-state index contributed by atoms with van der Waals surface area (Å²) in [5, 5.41) is 0. The van der Waals surface area contributed by atoms with Crippen LogP contribution in [0.25, 0.3) is 0 Å². The zero-order chi connectivity index (χ0) is 11.7. The molecule has 0 aromatic heterocycles. The molecule has 0 radical (unpaired) electrons.